The monoisotopic (exact) mass is 442 g/mol. The Hall–Kier alpha value is 1.31. The fourth-order valence-electron chi connectivity index (χ4n) is 0.714. The van der Waals surface area contributed by atoms with Crippen LogP contribution in [-0.2, 0) is 42.1 Å². The van der Waals surface area contributed by atoms with Gasteiger partial charge in [0.1, 0.15) is 0 Å². The molecule has 0 saturated carbocycles. The second-order valence-electron chi connectivity index (χ2n) is 2.48. The molecule has 0 aromatic heterocycles. The first kappa shape index (κ1) is 26.0. The summed E-state index contributed by atoms with van der Waals surface area (Å²) in [5.74, 6) is -5.02. The third kappa shape index (κ3) is 10.5. The van der Waals surface area contributed by atoms with Crippen LogP contribution >= 0.6 is 0 Å². The van der Waals surface area contributed by atoms with Gasteiger partial charge in [0, 0.05) is 27.7 Å². The SMILES string of the molecule is O=C(O)CC(O)(CC(=O)O)C(=O)O.[Hg].[NaH].[NaH]. The number of rotatable bonds is 5. The molecule has 0 bridgehead atoms. The Morgan fingerprint density at radius 3 is 1.25 bits per heavy atom. The van der Waals surface area contributed by atoms with Gasteiger partial charge >= 0.3 is 77.0 Å². The molecule has 0 aromatic carbocycles. The van der Waals surface area contributed by atoms with Crippen LogP contribution in [0.15, 0.2) is 0 Å². The topological polar surface area (TPSA) is 132 Å². The average Bonchev–Trinajstić information content (AvgIpc) is 1.82. The van der Waals surface area contributed by atoms with Gasteiger partial charge in [-0.15, -0.1) is 0 Å². The Kier molecular flexibility index (Phi) is 18.5. The van der Waals surface area contributed by atoms with E-state index in [4.69, 9.17) is 20.4 Å². The standard InChI is InChI=1S/C6H8O7.Hg.2Na.2H/c7-3(8)1-6(13,5(11)12)2-4(9)10;;;;;/h13H,1-2H2,(H,7,8)(H,9,10)(H,11,12);;;;;. The van der Waals surface area contributed by atoms with Gasteiger partial charge in [0.15, 0.2) is 5.60 Å². The van der Waals surface area contributed by atoms with Crippen LogP contribution in [0.25, 0.3) is 0 Å². The molecular weight excluding hydrogens is 431 g/mol. The number of carboxylic acids is 3. The van der Waals surface area contributed by atoms with Crippen molar-refractivity contribution in [3.63, 3.8) is 0 Å². The van der Waals surface area contributed by atoms with Gasteiger partial charge in [-0.1, -0.05) is 0 Å². The van der Waals surface area contributed by atoms with E-state index in [2.05, 4.69) is 0 Å². The molecular formula is C6H10HgNa2O7. The number of aliphatic carboxylic acids is 3. The van der Waals surface area contributed by atoms with E-state index in [1.807, 2.05) is 0 Å². The zero-order valence-corrected chi connectivity index (χ0v) is 12.6. The van der Waals surface area contributed by atoms with E-state index in [0.29, 0.717) is 0 Å². The molecule has 10 heteroatoms. The average molecular weight is 441 g/mol. The molecule has 0 unspecified atom stereocenters. The number of hydrogen-bond acceptors (Lipinski definition) is 4. The van der Waals surface area contributed by atoms with Crippen LogP contribution in [0.5, 0.6) is 0 Å². The normalized spacial score (nSPS) is 8.81. The molecule has 0 spiro atoms. The summed E-state index contributed by atoms with van der Waals surface area (Å²) in [5.41, 5.74) is -2.74. The molecule has 0 rings (SSSR count). The second-order valence-corrected chi connectivity index (χ2v) is 2.48. The van der Waals surface area contributed by atoms with Crippen LogP contribution in [0.2, 0.25) is 0 Å². The van der Waals surface area contributed by atoms with Crippen molar-refractivity contribution in [3.05, 3.63) is 0 Å². The maximum atomic E-state index is 10.3. The van der Waals surface area contributed by atoms with E-state index >= 15 is 0 Å². The van der Waals surface area contributed by atoms with Gasteiger partial charge in [0.25, 0.3) is 0 Å². The number of carboxylic acid groups (broad SMARTS) is 3. The van der Waals surface area contributed by atoms with Gasteiger partial charge in [0.05, 0.1) is 12.8 Å². The van der Waals surface area contributed by atoms with Crippen molar-refractivity contribution in [3.8, 4) is 0 Å². The van der Waals surface area contributed by atoms with E-state index in [0.717, 1.165) is 0 Å². The summed E-state index contributed by atoms with van der Waals surface area (Å²) in [4.78, 5) is 30.5. The first-order valence-electron chi connectivity index (χ1n) is 3.17. The number of hydrogen-bond donors (Lipinski definition) is 4. The molecule has 0 aliphatic carbocycles. The van der Waals surface area contributed by atoms with E-state index in [1.165, 1.54) is 0 Å². The Morgan fingerprint density at radius 2 is 1.12 bits per heavy atom. The van der Waals surface area contributed by atoms with Crippen LogP contribution in [0.1, 0.15) is 12.8 Å². The molecule has 0 radical (unpaired) electrons. The van der Waals surface area contributed by atoms with Gasteiger partial charge in [0.2, 0.25) is 0 Å². The Labute approximate surface area is 156 Å². The van der Waals surface area contributed by atoms with Crippen molar-refractivity contribution in [2.24, 2.45) is 0 Å². The van der Waals surface area contributed by atoms with Gasteiger partial charge in [-0.2, -0.15) is 0 Å². The molecule has 80 valence electrons. The predicted octanol–water partition coefficient (Wildman–Crippen LogP) is -2.55. The molecule has 4 N–H and O–H groups in total. The van der Waals surface area contributed by atoms with Crippen LogP contribution in [-0.4, -0.2) is 103 Å². The zero-order valence-electron chi connectivity index (χ0n) is 7.13. The van der Waals surface area contributed by atoms with Gasteiger partial charge in [-0.05, 0) is 0 Å². The second kappa shape index (κ2) is 11.4. The fourth-order valence-corrected chi connectivity index (χ4v) is 0.714. The molecule has 7 nitrogen and oxygen atoms in total. The van der Waals surface area contributed by atoms with Crippen molar-refractivity contribution in [1.29, 1.82) is 0 Å². The molecule has 0 saturated heterocycles. The summed E-state index contributed by atoms with van der Waals surface area (Å²) in [6.07, 6.45) is -2.29. The van der Waals surface area contributed by atoms with Gasteiger partial charge in [-0.3, -0.25) is 9.59 Å². The Bertz CT molecular complexity index is 241. The van der Waals surface area contributed by atoms with Crippen molar-refractivity contribution in [2.45, 2.75) is 18.4 Å². The molecule has 0 aliphatic rings. The molecule has 0 amide bonds. The van der Waals surface area contributed by atoms with Crippen molar-refractivity contribution in [1.82, 2.24) is 0 Å². The van der Waals surface area contributed by atoms with Crippen LogP contribution in [0.3, 0.4) is 0 Å². The third-order valence-corrected chi connectivity index (χ3v) is 1.29. The number of aliphatic hydroxyl groups is 1. The van der Waals surface area contributed by atoms with E-state index < -0.39 is 36.4 Å². The Balaban J connectivity index is -0.000000240. The van der Waals surface area contributed by atoms with Gasteiger partial charge in [-0.25, -0.2) is 4.79 Å². The maximum absolute atomic E-state index is 10.3. The minimum absolute atomic E-state index is 0. The van der Waals surface area contributed by atoms with Crippen molar-refractivity contribution in [2.75, 3.05) is 0 Å². The fraction of sp³-hybridized carbons (Fsp3) is 0.500. The van der Waals surface area contributed by atoms with Crippen molar-refractivity contribution < 1.29 is 62.5 Å². The predicted molar refractivity (Wildman–Crippen MR) is 51.4 cm³/mol. The summed E-state index contributed by atoms with van der Waals surface area (Å²) in [6, 6.07) is 0. The zero-order chi connectivity index (χ0) is 10.6. The van der Waals surface area contributed by atoms with Crippen molar-refractivity contribution >= 4 is 77.0 Å². The molecule has 0 aliphatic heterocycles. The summed E-state index contributed by atoms with van der Waals surface area (Å²) in [5, 5.41) is 33.8. The molecule has 0 atom stereocenters. The third-order valence-electron chi connectivity index (χ3n) is 1.29. The van der Waals surface area contributed by atoms with E-state index in [1.54, 1.807) is 0 Å². The summed E-state index contributed by atoms with van der Waals surface area (Å²) in [7, 11) is 0. The Morgan fingerprint density at radius 1 is 0.875 bits per heavy atom. The van der Waals surface area contributed by atoms with E-state index in [9.17, 15) is 14.4 Å². The minimum atomic E-state index is -2.74. The molecule has 0 aromatic rings. The van der Waals surface area contributed by atoms with E-state index in [-0.39, 0.29) is 86.8 Å². The first-order chi connectivity index (χ1) is 5.78. The summed E-state index contributed by atoms with van der Waals surface area (Å²) >= 11 is 0. The quantitative estimate of drug-likeness (QED) is 0.346. The summed E-state index contributed by atoms with van der Waals surface area (Å²) in [6.45, 7) is 0. The van der Waals surface area contributed by atoms with Gasteiger partial charge < -0.3 is 20.4 Å². The van der Waals surface area contributed by atoms with Crippen LogP contribution in [0, 0.1) is 0 Å². The van der Waals surface area contributed by atoms with Crippen LogP contribution in [0.4, 0.5) is 0 Å². The molecule has 16 heavy (non-hydrogen) atoms. The molecule has 0 heterocycles. The van der Waals surface area contributed by atoms with Crippen LogP contribution < -0.4 is 0 Å². The number of carbonyl (C=O) groups is 3. The summed E-state index contributed by atoms with van der Waals surface area (Å²) < 4.78 is 0. The first-order valence-corrected chi connectivity index (χ1v) is 3.17. The molecule has 0 fully saturated rings.